The predicted molar refractivity (Wildman–Crippen MR) is 121 cm³/mol. The van der Waals surface area contributed by atoms with Crippen LogP contribution in [-0.4, -0.2) is 12.1 Å². The number of carbonyl (C=O) groups is 1. The summed E-state index contributed by atoms with van der Waals surface area (Å²) in [5, 5.41) is 4.35. The fraction of sp³-hybridized carbons (Fsp3) is 0.458. The molecule has 0 bridgehead atoms. The first-order valence-corrected chi connectivity index (χ1v) is 11.1. The topological polar surface area (TPSA) is 38.3 Å². The van der Waals surface area contributed by atoms with Gasteiger partial charge in [0.25, 0.3) is 0 Å². The minimum Gasteiger partial charge on any atom is -0.462 e. The highest BCUT2D eigenvalue weighted by molar-refractivity contribution is 6.39. The molecule has 29 heavy (non-hydrogen) atoms. The van der Waals surface area contributed by atoms with Crippen LogP contribution in [0.3, 0.4) is 0 Å². The van der Waals surface area contributed by atoms with Gasteiger partial charge in [0, 0.05) is 5.69 Å². The van der Waals surface area contributed by atoms with Crippen molar-refractivity contribution in [1.82, 2.24) is 0 Å². The van der Waals surface area contributed by atoms with E-state index in [0.717, 1.165) is 24.1 Å². The van der Waals surface area contributed by atoms with Crippen LogP contribution in [0.4, 0.5) is 11.4 Å². The zero-order valence-corrected chi connectivity index (χ0v) is 18.8. The number of anilines is 2. The van der Waals surface area contributed by atoms with Crippen molar-refractivity contribution >= 4 is 40.5 Å². The van der Waals surface area contributed by atoms with Crippen LogP contribution in [0.25, 0.3) is 0 Å². The van der Waals surface area contributed by atoms with Crippen LogP contribution in [-0.2, 0) is 16.0 Å². The first-order chi connectivity index (χ1) is 13.8. The van der Waals surface area contributed by atoms with Gasteiger partial charge in [-0.3, -0.25) is 4.79 Å². The summed E-state index contributed by atoms with van der Waals surface area (Å²) in [5.41, 5.74) is 2.30. The third kappa shape index (κ3) is 5.67. The van der Waals surface area contributed by atoms with Crippen molar-refractivity contribution in [3.8, 4) is 0 Å². The number of hydrogen-bond acceptors (Lipinski definition) is 3. The Kier molecular flexibility index (Phi) is 7.48. The fourth-order valence-electron chi connectivity index (χ4n) is 4.16. The van der Waals surface area contributed by atoms with Gasteiger partial charge in [-0.15, -0.1) is 0 Å². The normalized spacial score (nSPS) is 21.8. The molecule has 156 valence electrons. The lowest BCUT2D eigenvalue weighted by atomic mass is 9.75. The summed E-state index contributed by atoms with van der Waals surface area (Å²) in [6, 6.07) is 13.0. The van der Waals surface area contributed by atoms with Crippen molar-refractivity contribution in [2.75, 3.05) is 5.32 Å². The number of carbonyl (C=O) groups excluding carboxylic acids is 1. The molecule has 3 nitrogen and oxygen atoms in total. The lowest BCUT2D eigenvalue weighted by Crippen LogP contribution is -2.36. The first kappa shape index (κ1) is 22.0. The number of halogens is 2. The van der Waals surface area contributed by atoms with Gasteiger partial charge in [0.05, 0.1) is 22.2 Å². The van der Waals surface area contributed by atoms with Crippen molar-refractivity contribution in [2.45, 2.75) is 52.6 Å². The molecule has 1 aliphatic rings. The summed E-state index contributed by atoms with van der Waals surface area (Å²) >= 11 is 12.6. The monoisotopic (exact) mass is 433 g/mol. The number of nitrogens with one attached hydrogen (secondary N) is 1. The molecule has 2 aromatic rings. The average molecular weight is 434 g/mol. The second-order valence-electron chi connectivity index (χ2n) is 8.41. The van der Waals surface area contributed by atoms with E-state index in [4.69, 9.17) is 27.9 Å². The second-order valence-corrected chi connectivity index (χ2v) is 9.22. The molecule has 3 rings (SSSR count). The number of benzene rings is 2. The highest BCUT2D eigenvalue weighted by Gasteiger charge is 2.33. The van der Waals surface area contributed by atoms with Gasteiger partial charge in [-0.25, -0.2) is 0 Å². The Morgan fingerprint density at radius 3 is 2.48 bits per heavy atom. The zero-order valence-electron chi connectivity index (χ0n) is 17.3. The Morgan fingerprint density at radius 1 is 1.10 bits per heavy atom. The van der Waals surface area contributed by atoms with E-state index in [-0.39, 0.29) is 18.5 Å². The van der Waals surface area contributed by atoms with Crippen LogP contribution in [0.1, 0.15) is 45.6 Å². The first-order valence-electron chi connectivity index (χ1n) is 10.3. The van der Waals surface area contributed by atoms with Gasteiger partial charge in [0.1, 0.15) is 6.10 Å². The largest absolute Gasteiger partial charge is 0.462 e. The molecule has 0 unspecified atom stereocenters. The fourth-order valence-corrected chi connectivity index (χ4v) is 4.66. The van der Waals surface area contributed by atoms with E-state index in [1.165, 1.54) is 6.42 Å². The number of para-hydroxylation sites is 2. The van der Waals surface area contributed by atoms with Crippen molar-refractivity contribution in [3.05, 3.63) is 58.1 Å². The minimum atomic E-state index is -0.186. The van der Waals surface area contributed by atoms with Crippen LogP contribution in [0.15, 0.2) is 42.5 Å². The smallest absolute Gasteiger partial charge is 0.310 e. The molecule has 2 aromatic carbocycles. The molecule has 0 radical (unpaired) electrons. The van der Waals surface area contributed by atoms with Gasteiger partial charge in [-0.05, 0) is 54.4 Å². The quantitative estimate of drug-likeness (QED) is 0.486. The standard InChI is InChI=1S/C24H29Cl2NO2/c1-15(2)18-12-11-16(3)13-22(18)29-23(28)14-17-7-4-5-10-21(17)27-24-19(25)8-6-9-20(24)26/h4-10,15-16,18,22,27H,11-14H2,1-3H3/t16-,18+,22+/m0/s1. The highest BCUT2D eigenvalue weighted by atomic mass is 35.5. The predicted octanol–water partition coefficient (Wildman–Crippen LogP) is 7.28. The third-order valence-corrected chi connectivity index (χ3v) is 6.45. The van der Waals surface area contributed by atoms with E-state index in [0.29, 0.717) is 33.5 Å². The number of rotatable bonds is 6. The van der Waals surface area contributed by atoms with Gasteiger partial charge in [-0.2, -0.15) is 0 Å². The number of esters is 1. The lowest BCUT2D eigenvalue weighted by Gasteiger charge is -2.36. The molecule has 0 saturated heterocycles. The maximum atomic E-state index is 12.8. The molecular formula is C24H29Cl2NO2. The van der Waals surface area contributed by atoms with Crippen LogP contribution in [0.2, 0.25) is 10.0 Å². The molecule has 1 saturated carbocycles. The molecule has 0 spiro atoms. The average Bonchev–Trinajstić information content (AvgIpc) is 2.66. The van der Waals surface area contributed by atoms with Crippen molar-refractivity contribution < 1.29 is 9.53 Å². The van der Waals surface area contributed by atoms with E-state index >= 15 is 0 Å². The SMILES string of the molecule is CC(C)[C@H]1CC[C@H](C)C[C@H]1OC(=O)Cc1ccccc1Nc1c(Cl)cccc1Cl. The molecule has 3 atom stereocenters. The Balaban J connectivity index is 1.72. The summed E-state index contributed by atoms with van der Waals surface area (Å²) in [4.78, 5) is 12.8. The molecule has 5 heteroatoms. The second kappa shape index (κ2) is 9.86. The van der Waals surface area contributed by atoms with Gasteiger partial charge < -0.3 is 10.1 Å². The Morgan fingerprint density at radius 2 is 1.79 bits per heavy atom. The lowest BCUT2D eigenvalue weighted by molar-refractivity contribution is -0.155. The zero-order chi connectivity index (χ0) is 21.0. The highest BCUT2D eigenvalue weighted by Crippen LogP contribution is 2.36. The summed E-state index contributed by atoms with van der Waals surface area (Å²) < 4.78 is 5.97. The molecular weight excluding hydrogens is 405 g/mol. The molecule has 1 fully saturated rings. The van der Waals surface area contributed by atoms with Crippen molar-refractivity contribution in [2.24, 2.45) is 17.8 Å². The Bertz CT molecular complexity index is 832. The van der Waals surface area contributed by atoms with Crippen molar-refractivity contribution in [1.29, 1.82) is 0 Å². The summed E-state index contributed by atoms with van der Waals surface area (Å²) in [6.07, 6.45) is 3.50. The van der Waals surface area contributed by atoms with Crippen LogP contribution in [0.5, 0.6) is 0 Å². The number of hydrogen-bond donors (Lipinski definition) is 1. The molecule has 0 aliphatic heterocycles. The van der Waals surface area contributed by atoms with Gasteiger partial charge in [0.2, 0.25) is 0 Å². The molecule has 0 amide bonds. The summed E-state index contributed by atoms with van der Waals surface area (Å²) in [6.45, 7) is 6.67. The van der Waals surface area contributed by atoms with E-state index in [1.807, 2.05) is 24.3 Å². The van der Waals surface area contributed by atoms with Crippen molar-refractivity contribution in [3.63, 3.8) is 0 Å². The molecule has 1 aliphatic carbocycles. The molecule has 0 heterocycles. The van der Waals surface area contributed by atoms with Gasteiger partial charge >= 0.3 is 5.97 Å². The maximum absolute atomic E-state index is 12.8. The molecule has 0 aromatic heterocycles. The van der Waals surface area contributed by atoms with Crippen LogP contribution in [0, 0.1) is 17.8 Å². The van der Waals surface area contributed by atoms with E-state index in [9.17, 15) is 4.79 Å². The van der Waals surface area contributed by atoms with E-state index < -0.39 is 0 Å². The van der Waals surface area contributed by atoms with Crippen LogP contribution < -0.4 is 5.32 Å². The minimum absolute atomic E-state index is 0.00406. The van der Waals surface area contributed by atoms with Crippen LogP contribution >= 0.6 is 23.2 Å². The van der Waals surface area contributed by atoms with Gasteiger partial charge in [0.15, 0.2) is 0 Å². The van der Waals surface area contributed by atoms with E-state index in [2.05, 4.69) is 26.1 Å². The van der Waals surface area contributed by atoms with E-state index in [1.54, 1.807) is 18.2 Å². The summed E-state index contributed by atoms with van der Waals surface area (Å²) in [7, 11) is 0. The Labute approximate surface area is 183 Å². The number of ether oxygens (including phenoxy) is 1. The Hall–Kier alpha value is -1.71. The summed E-state index contributed by atoms with van der Waals surface area (Å²) in [5.74, 6) is 1.36. The third-order valence-electron chi connectivity index (χ3n) is 5.82. The molecule has 1 N–H and O–H groups in total. The maximum Gasteiger partial charge on any atom is 0.310 e. The van der Waals surface area contributed by atoms with Gasteiger partial charge in [-0.1, -0.05) is 74.7 Å².